The first-order valence-electron chi connectivity index (χ1n) is 11.2. The van der Waals surface area contributed by atoms with Gasteiger partial charge in [-0.25, -0.2) is 0 Å². The van der Waals surface area contributed by atoms with Crippen LogP contribution in [0, 0.1) is 6.92 Å². The fourth-order valence-corrected chi connectivity index (χ4v) is 3.50. The van der Waals surface area contributed by atoms with E-state index in [1.165, 1.54) is 0 Å². The number of carbonyl (C=O) groups is 3. The molecule has 2 N–H and O–H groups in total. The van der Waals surface area contributed by atoms with Crippen molar-refractivity contribution < 1.29 is 23.9 Å². The molecule has 0 radical (unpaired) electrons. The van der Waals surface area contributed by atoms with Crippen molar-refractivity contribution in [2.45, 2.75) is 26.4 Å². The Bertz CT molecular complexity index is 948. The van der Waals surface area contributed by atoms with Crippen LogP contribution in [0.3, 0.4) is 0 Å². The van der Waals surface area contributed by atoms with Gasteiger partial charge in [-0.15, -0.1) is 0 Å². The van der Waals surface area contributed by atoms with Crippen LogP contribution in [0.4, 0.5) is 0 Å². The molecule has 1 aliphatic rings. The molecule has 2 aromatic carbocycles. The molecule has 0 aromatic heterocycles. The second-order valence-electron chi connectivity index (χ2n) is 7.92. The summed E-state index contributed by atoms with van der Waals surface area (Å²) >= 11 is 0. The Morgan fingerprint density at radius 2 is 1.88 bits per heavy atom. The molecule has 8 nitrogen and oxygen atoms in total. The smallest absolute Gasteiger partial charge is 0.255 e. The monoisotopic (exact) mass is 453 g/mol. The standard InChI is InChI=1S/C25H31N3O5/c1-19-9-10-22-21(16-19)25(31)27-11-14-28(13-5-8-23(29)26-12-15-33-22)24(30)18-32-17-20-6-3-2-4-7-20/h2-4,6-7,9-10,16H,5,8,11-15,17-18H2,1H3,(H,26,29)(H,27,31). The van der Waals surface area contributed by atoms with E-state index in [4.69, 9.17) is 9.47 Å². The molecule has 2 aromatic rings. The zero-order chi connectivity index (χ0) is 23.5. The van der Waals surface area contributed by atoms with Gasteiger partial charge in [-0.3, -0.25) is 14.4 Å². The highest BCUT2D eigenvalue weighted by atomic mass is 16.5. The lowest BCUT2D eigenvalue weighted by molar-refractivity contribution is -0.137. The number of benzene rings is 2. The zero-order valence-corrected chi connectivity index (χ0v) is 19.0. The van der Waals surface area contributed by atoms with Crippen LogP contribution in [0.5, 0.6) is 5.75 Å². The number of aryl methyl sites for hydroxylation is 1. The Labute approximate surface area is 194 Å². The molecule has 0 aliphatic carbocycles. The number of amides is 3. The SMILES string of the molecule is Cc1ccc2c(c1)C(=O)NCCN(C(=O)COCc1ccccc1)CCCC(=O)NCCO2. The molecule has 33 heavy (non-hydrogen) atoms. The zero-order valence-electron chi connectivity index (χ0n) is 19.0. The Balaban J connectivity index is 1.62. The minimum absolute atomic E-state index is 0.0646. The van der Waals surface area contributed by atoms with Crippen LogP contribution >= 0.6 is 0 Å². The van der Waals surface area contributed by atoms with Crippen molar-refractivity contribution in [2.75, 3.05) is 39.4 Å². The van der Waals surface area contributed by atoms with Crippen LogP contribution < -0.4 is 15.4 Å². The molecule has 1 heterocycles. The van der Waals surface area contributed by atoms with Gasteiger partial charge >= 0.3 is 0 Å². The molecule has 1 aliphatic heterocycles. The van der Waals surface area contributed by atoms with Crippen LogP contribution in [0.2, 0.25) is 0 Å². The highest BCUT2D eigenvalue weighted by molar-refractivity contribution is 5.97. The van der Waals surface area contributed by atoms with Gasteiger partial charge in [0, 0.05) is 26.1 Å². The topological polar surface area (TPSA) is 97.0 Å². The van der Waals surface area contributed by atoms with Gasteiger partial charge in [0.15, 0.2) is 0 Å². The number of ether oxygens (including phenoxy) is 2. The Hall–Kier alpha value is -3.39. The van der Waals surface area contributed by atoms with Crippen molar-refractivity contribution >= 4 is 17.7 Å². The summed E-state index contributed by atoms with van der Waals surface area (Å²) in [6.07, 6.45) is 0.821. The highest BCUT2D eigenvalue weighted by Gasteiger charge is 2.17. The van der Waals surface area contributed by atoms with E-state index in [0.717, 1.165) is 11.1 Å². The summed E-state index contributed by atoms with van der Waals surface area (Å²) in [5.41, 5.74) is 2.36. The lowest BCUT2D eigenvalue weighted by atomic mass is 10.1. The first-order valence-corrected chi connectivity index (χ1v) is 11.2. The van der Waals surface area contributed by atoms with E-state index < -0.39 is 0 Å². The van der Waals surface area contributed by atoms with E-state index in [2.05, 4.69) is 10.6 Å². The minimum Gasteiger partial charge on any atom is -0.491 e. The summed E-state index contributed by atoms with van der Waals surface area (Å²) in [6.45, 7) is 3.79. The molecule has 0 bridgehead atoms. The first kappa shape index (κ1) is 24.3. The first-order chi connectivity index (χ1) is 16.0. The van der Waals surface area contributed by atoms with Crippen molar-refractivity contribution in [3.8, 4) is 5.75 Å². The Kier molecular flexibility index (Phi) is 9.26. The van der Waals surface area contributed by atoms with Crippen LogP contribution in [-0.2, 0) is 20.9 Å². The quantitative estimate of drug-likeness (QED) is 0.739. The molecule has 3 rings (SSSR count). The van der Waals surface area contributed by atoms with Crippen LogP contribution in [0.25, 0.3) is 0 Å². The van der Waals surface area contributed by atoms with Gasteiger partial charge in [0.05, 0.1) is 18.7 Å². The third kappa shape index (κ3) is 7.91. The molecular formula is C25H31N3O5. The molecule has 176 valence electrons. The average Bonchev–Trinajstić information content (AvgIpc) is 2.82. The summed E-state index contributed by atoms with van der Waals surface area (Å²) in [5.74, 6) is -0.0752. The van der Waals surface area contributed by atoms with Gasteiger partial charge in [-0.05, 0) is 31.0 Å². The van der Waals surface area contributed by atoms with E-state index in [-0.39, 0.29) is 37.5 Å². The number of carbonyl (C=O) groups excluding carboxylic acids is 3. The molecule has 0 unspecified atom stereocenters. The summed E-state index contributed by atoms with van der Waals surface area (Å²) in [5, 5.41) is 5.68. The maximum atomic E-state index is 12.8. The van der Waals surface area contributed by atoms with Crippen molar-refractivity contribution in [3.05, 3.63) is 65.2 Å². The molecular weight excluding hydrogens is 422 g/mol. The normalized spacial score (nSPS) is 15.8. The lowest BCUT2D eigenvalue weighted by Crippen LogP contribution is -2.41. The summed E-state index contributed by atoms with van der Waals surface area (Å²) in [7, 11) is 0. The van der Waals surface area contributed by atoms with E-state index in [1.807, 2.05) is 43.3 Å². The van der Waals surface area contributed by atoms with E-state index in [0.29, 0.717) is 50.4 Å². The molecule has 0 atom stereocenters. The molecule has 8 heteroatoms. The molecule has 0 fully saturated rings. The number of nitrogens with one attached hydrogen (secondary N) is 2. The number of hydrogen-bond acceptors (Lipinski definition) is 5. The Morgan fingerprint density at radius 1 is 1.06 bits per heavy atom. The lowest BCUT2D eigenvalue weighted by Gasteiger charge is -2.23. The van der Waals surface area contributed by atoms with Gasteiger partial charge in [-0.1, -0.05) is 42.0 Å². The summed E-state index contributed by atoms with van der Waals surface area (Å²) < 4.78 is 11.3. The maximum absolute atomic E-state index is 12.8. The van der Waals surface area contributed by atoms with E-state index >= 15 is 0 Å². The number of hydrogen-bond donors (Lipinski definition) is 2. The van der Waals surface area contributed by atoms with Crippen molar-refractivity contribution in [3.63, 3.8) is 0 Å². The second-order valence-corrected chi connectivity index (χ2v) is 7.92. The third-order valence-corrected chi connectivity index (χ3v) is 5.25. The van der Waals surface area contributed by atoms with E-state index in [9.17, 15) is 14.4 Å². The number of fused-ring (bicyclic) bond motifs is 1. The molecule has 3 amide bonds. The fraction of sp³-hybridized carbons (Fsp3) is 0.400. The predicted molar refractivity (Wildman–Crippen MR) is 124 cm³/mol. The number of nitrogens with zero attached hydrogens (tertiary/aromatic N) is 1. The predicted octanol–water partition coefficient (Wildman–Crippen LogP) is 2.06. The maximum Gasteiger partial charge on any atom is 0.255 e. The van der Waals surface area contributed by atoms with Crippen molar-refractivity contribution in [1.29, 1.82) is 0 Å². The van der Waals surface area contributed by atoms with Crippen LogP contribution in [0.1, 0.15) is 34.3 Å². The minimum atomic E-state index is -0.264. The fourth-order valence-electron chi connectivity index (χ4n) is 3.50. The van der Waals surface area contributed by atoms with Crippen LogP contribution in [-0.4, -0.2) is 62.0 Å². The third-order valence-electron chi connectivity index (χ3n) is 5.25. The van der Waals surface area contributed by atoms with Gasteiger partial charge in [0.1, 0.15) is 19.0 Å². The summed E-state index contributed by atoms with van der Waals surface area (Å²) in [6, 6.07) is 15.0. The largest absolute Gasteiger partial charge is 0.491 e. The average molecular weight is 454 g/mol. The van der Waals surface area contributed by atoms with Crippen LogP contribution in [0.15, 0.2) is 48.5 Å². The Morgan fingerprint density at radius 3 is 2.70 bits per heavy atom. The molecule has 0 spiro atoms. The number of rotatable bonds is 4. The van der Waals surface area contributed by atoms with Crippen molar-refractivity contribution in [2.24, 2.45) is 0 Å². The molecule has 0 saturated heterocycles. The van der Waals surface area contributed by atoms with Gasteiger partial charge in [-0.2, -0.15) is 0 Å². The van der Waals surface area contributed by atoms with Gasteiger partial charge < -0.3 is 25.0 Å². The van der Waals surface area contributed by atoms with Gasteiger partial charge in [0.2, 0.25) is 11.8 Å². The second kappa shape index (κ2) is 12.6. The van der Waals surface area contributed by atoms with Crippen molar-refractivity contribution in [1.82, 2.24) is 15.5 Å². The van der Waals surface area contributed by atoms with E-state index in [1.54, 1.807) is 17.0 Å². The highest BCUT2D eigenvalue weighted by Crippen LogP contribution is 2.20. The van der Waals surface area contributed by atoms with Gasteiger partial charge in [0.25, 0.3) is 5.91 Å². The summed E-state index contributed by atoms with van der Waals surface area (Å²) in [4.78, 5) is 39.3. The molecule has 0 saturated carbocycles.